The lowest BCUT2D eigenvalue weighted by atomic mass is 9.87. The van der Waals surface area contributed by atoms with Gasteiger partial charge in [-0.3, -0.25) is 14.9 Å². The van der Waals surface area contributed by atoms with Gasteiger partial charge >= 0.3 is 0 Å². The van der Waals surface area contributed by atoms with Crippen LogP contribution in [0.25, 0.3) is 6.08 Å². The topological polar surface area (TPSA) is 73.9 Å². The van der Waals surface area contributed by atoms with E-state index in [1.54, 1.807) is 6.08 Å². The fourth-order valence-electron chi connectivity index (χ4n) is 4.45. The van der Waals surface area contributed by atoms with Crippen LogP contribution in [-0.2, 0) is 11.2 Å². The van der Waals surface area contributed by atoms with Gasteiger partial charge in [0.1, 0.15) is 29.5 Å². The van der Waals surface area contributed by atoms with E-state index in [0.717, 1.165) is 76.7 Å². The molecule has 2 aromatic carbocycles. The number of ether oxygens (including phenoxy) is 3. The maximum atomic E-state index is 11.8. The van der Waals surface area contributed by atoms with Crippen molar-refractivity contribution in [1.29, 1.82) is 0 Å². The van der Waals surface area contributed by atoms with Crippen molar-refractivity contribution in [3.63, 3.8) is 0 Å². The molecule has 0 aromatic heterocycles. The summed E-state index contributed by atoms with van der Waals surface area (Å²) in [5.41, 5.74) is 4.99. The van der Waals surface area contributed by atoms with Crippen LogP contribution in [-0.4, -0.2) is 30.0 Å². The Morgan fingerprint density at radius 3 is 2.61 bits per heavy atom. The first-order valence-corrected chi connectivity index (χ1v) is 13.8. The molecule has 2 aliphatic heterocycles. The Morgan fingerprint density at radius 1 is 1.17 bits per heavy atom. The standard InChI is InChI=1S/C28H32BrNO5S/c1-6-7-12-33-24-16(2)17(3)25-20(18(24)4)10-11-28(5,35-25)15-34-22-9-8-19(13-21(22)29)14-23-26(31)30-27(32)36-23/h8-9,13-14H,6-7,10-12,15H2,1-5H3,(H,30,31,32). The minimum Gasteiger partial charge on any atom is -0.493 e. The van der Waals surface area contributed by atoms with Crippen molar-refractivity contribution in [2.24, 2.45) is 0 Å². The molecule has 36 heavy (non-hydrogen) atoms. The van der Waals surface area contributed by atoms with Gasteiger partial charge in [0.25, 0.3) is 11.1 Å². The van der Waals surface area contributed by atoms with Gasteiger partial charge in [-0.25, -0.2) is 0 Å². The number of thioether (sulfide) groups is 1. The van der Waals surface area contributed by atoms with Crippen LogP contribution in [0.1, 0.15) is 60.9 Å². The number of halogens is 1. The minimum absolute atomic E-state index is 0.353. The molecule has 1 atom stereocenters. The summed E-state index contributed by atoms with van der Waals surface area (Å²) in [7, 11) is 0. The second kappa shape index (κ2) is 10.9. The van der Waals surface area contributed by atoms with Crippen LogP contribution in [0.5, 0.6) is 17.2 Å². The van der Waals surface area contributed by atoms with E-state index in [2.05, 4.69) is 55.9 Å². The molecule has 0 aliphatic carbocycles. The van der Waals surface area contributed by atoms with Crippen molar-refractivity contribution in [2.75, 3.05) is 13.2 Å². The van der Waals surface area contributed by atoms with Gasteiger partial charge in [-0.2, -0.15) is 0 Å². The molecule has 4 rings (SSSR count). The molecule has 2 amide bonds. The molecule has 0 saturated carbocycles. The second-order valence-electron chi connectivity index (χ2n) is 9.60. The lowest BCUT2D eigenvalue weighted by Crippen LogP contribution is -2.42. The Hall–Kier alpha value is -2.45. The average Bonchev–Trinajstić information content (AvgIpc) is 3.15. The van der Waals surface area contributed by atoms with Crippen LogP contribution >= 0.6 is 27.7 Å². The average molecular weight is 575 g/mol. The van der Waals surface area contributed by atoms with E-state index in [0.29, 0.717) is 17.3 Å². The largest absolute Gasteiger partial charge is 0.493 e. The van der Waals surface area contributed by atoms with Gasteiger partial charge in [-0.15, -0.1) is 0 Å². The zero-order chi connectivity index (χ0) is 26.0. The fourth-order valence-corrected chi connectivity index (χ4v) is 5.64. The lowest BCUT2D eigenvalue weighted by Gasteiger charge is -2.38. The highest BCUT2D eigenvalue weighted by molar-refractivity contribution is 9.10. The summed E-state index contributed by atoms with van der Waals surface area (Å²) in [6.45, 7) is 11.7. The number of benzene rings is 2. The quantitative estimate of drug-likeness (QED) is 0.269. The summed E-state index contributed by atoms with van der Waals surface area (Å²) in [6.07, 6.45) is 5.58. The zero-order valence-corrected chi connectivity index (χ0v) is 23.8. The molecule has 0 spiro atoms. The fraction of sp³-hybridized carbons (Fsp3) is 0.429. The number of imide groups is 1. The third kappa shape index (κ3) is 5.59. The van der Waals surface area contributed by atoms with E-state index in [4.69, 9.17) is 14.2 Å². The number of hydrogen-bond acceptors (Lipinski definition) is 6. The van der Waals surface area contributed by atoms with Crippen molar-refractivity contribution < 1.29 is 23.8 Å². The summed E-state index contributed by atoms with van der Waals surface area (Å²) in [5.74, 6) is 2.27. The number of unbranched alkanes of at least 4 members (excludes halogenated alkanes) is 1. The Bertz CT molecular complexity index is 1240. The first-order valence-electron chi connectivity index (χ1n) is 12.2. The first kappa shape index (κ1) is 26.6. The minimum atomic E-state index is -0.472. The number of carbonyl (C=O) groups is 2. The van der Waals surface area contributed by atoms with E-state index in [1.165, 1.54) is 11.1 Å². The highest BCUT2D eigenvalue weighted by Gasteiger charge is 2.36. The van der Waals surface area contributed by atoms with Crippen molar-refractivity contribution in [3.8, 4) is 17.2 Å². The van der Waals surface area contributed by atoms with E-state index in [9.17, 15) is 9.59 Å². The Morgan fingerprint density at radius 2 is 1.94 bits per heavy atom. The molecule has 2 heterocycles. The summed E-state index contributed by atoms with van der Waals surface area (Å²) < 4.78 is 19.7. The number of nitrogens with one attached hydrogen (secondary N) is 1. The highest BCUT2D eigenvalue weighted by Crippen LogP contribution is 2.44. The molecular formula is C28H32BrNO5S. The highest BCUT2D eigenvalue weighted by atomic mass is 79.9. The zero-order valence-electron chi connectivity index (χ0n) is 21.4. The number of carbonyl (C=O) groups excluding carboxylic acids is 2. The monoisotopic (exact) mass is 573 g/mol. The number of amides is 2. The summed E-state index contributed by atoms with van der Waals surface area (Å²) in [4.78, 5) is 23.6. The van der Waals surface area contributed by atoms with Gasteiger partial charge in [-0.1, -0.05) is 19.4 Å². The van der Waals surface area contributed by atoms with Gasteiger partial charge < -0.3 is 14.2 Å². The smallest absolute Gasteiger partial charge is 0.290 e. The Balaban J connectivity index is 1.47. The molecule has 192 valence electrons. The van der Waals surface area contributed by atoms with Crippen LogP contribution in [0.15, 0.2) is 27.6 Å². The van der Waals surface area contributed by atoms with Crippen LogP contribution in [0, 0.1) is 20.8 Å². The molecule has 1 N–H and O–H groups in total. The molecular weight excluding hydrogens is 542 g/mol. The van der Waals surface area contributed by atoms with E-state index in [1.807, 2.05) is 18.2 Å². The van der Waals surface area contributed by atoms with Crippen LogP contribution in [0.2, 0.25) is 0 Å². The first-order chi connectivity index (χ1) is 17.1. The van der Waals surface area contributed by atoms with E-state index >= 15 is 0 Å². The van der Waals surface area contributed by atoms with Crippen molar-refractivity contribution >= 4 is 44.9 Å². The van der Waals surface area contributed by atoms with Gasteiger partial charge in [0.15, 0.2) is 0 Å². The number of rotatable bonds is 8. The van der Waals surface area contributed by atoms with E-state index < -0.39 is 5.60 Å². The predicted molar refractivity (Wildman–Crippen MR) is 147 cm³/mol. The summed E-state index contributed by atoms with van der Waals surface area (Å²) in [5, 5.41) is 1.91. The number of fused-ring (bicyclic) bond motifs is 1. The van der Waals surface area contributed by atoms with Gasteiger partial charge in [0, 0.05) is 5.56 Å². The summed E-state index contributed by atoms with van der Waals surface area (Å²) >= 11 is 4.47. The van der Waals surface area contributed by atoms with Crippen molar-refractivity contribution in [2.45, 2.75) is 65.9 Å². The summed E-state index contributed by atoms with van der Waals surface area (Å²) in [6, 6.07) is 5.59. The maximum Gasteiger partial charge on any atom is 0.290 e. The molecule has 0 bridgehead atoms. The Kier molecular flexibility index (Phi) is 8.05. The van der Waals surface area contributed by atoms with E-state index in [-0.39, 0.29) is 11.1 Å². The van der Waals surface area contributed by atoms with Crippen molar-refractivity contribution in [3.05, 3.63) is 55.4 Å². The molecule has 2 aliphatic rings. The van der Waals surface area contributed by atoms with Gasteiger partial charge in [0.2, 0.25) is 0 Å². The maximum absolute atomic E-state index is 11.8. The normalized spacial score (nSPS) is 20.2. The second-order valence-corrected chi connectivity index (χ2v) is 11.5. The molecule has 8 heteroatoms. The van der Waals surface area contributed by atoms with Crippen LogP contribution in [0.4, 0.5) is 4.79 Å². The van der Waals surface area contributed by atoms with Crippen LogP contribution < -0.4 is 19.5 Å². The SMILES string of the molecule is CCCCOc1c(C)c(C)c2c(c1C)CCC(C)(COc1ccc(C=C3SC(=O)NC3=O)cc1Br)O2. The molecule has 2 aromatic rings. The lowest BCUT2D eigenvalue weighted by molar-refractivity contribution is -0.115. The van der Waals surface area contributed by atoms with Crippen LogP contribution in [0.3, 0.4) is 0 Å². The van der Waals surface area contributed by atoms with Gasteiger partial charge in [-0.05, 0) is 115 Å². The molecule has 1 fully saturated rings. The molecule has 1 unspecified atom stereocenters. The Labute approximate surface area is 225 Å². The predicted octanol–water partition coefficient (Wildman–Crippen LogP) is 7.04. The number of hydrogen-bond donors (Lipinski definition) is 1. The molecule has 0 radical (unpaired) electrons. The molecule has 6 nitrogen and oxygen atoms in total. The third-order valence-electron chi connectivity index (χ3n) is 6.74. The third-order valence-corrected chi connectivity index (χ3v) is 8.17. The van der Waals surface area contributed by atoms with Gasteiger partial charge in [0.05, 0.1) is 16.0 Å². The molecule has 1 saturated heterocycles. The van der Waals surface area contributed by atoms with Crippen molar-refractivity contribution in [1.82, 2.24) is 5.32 Å².